The molecule has 0 aliphatic carbocycles. The van der Waals surface area contributed by atoms with Gasteiger partial charge in [0.15, 0.2) is 5.82 Å². The van der Waals surface area contributed by atoms with Gasteiger partial charge in [-0.3, -0.25) is 10.1 Å². The van der Waals surface area contributed by atoms with Crippen LogP contribution in [-0.2, 0) is 6.61 Å². The van der Waals surface area contributed by atoms with Crippen molar-refractivity contribution in [1.82, 2.24) is 9.36 Å². The van der Waals surface area contributed by atoms with E-state index in [0.717, 1.165) is 22.7 Å². The largest absolute Gasteiger partial charge is 0.489 e. The highest BCUT2D eigenvalue weighted by atomic mass is 32.1. The molecule has 0 aliphatic heterocycles. The lowest BCUT2D eigenvalue weighted by Gasteiger charge is -2.09. The molecule has 0 fully saturated rings. The van der Waals surface area contributed by atoms with Crippen molar-refractivity contribution in [2.24, 2.45) is 0 Å². The van der Waals surface area contributed by atoms with Gasteiger partial charge in [0.2, 0.25) is 5.13 Å². The first-order valence-electron chi connectivity index (χ1n) is 9.14. The summed E-state index contributed by atoms with van der Waals surface area (Å²) in [6.07, 6.45) is 0. The highest BCUT2D eigenvalue weighted by molar-refractivity contribution is 7.10. The molecule has 0 aliphatic rings. The Morgan fingerprint density at radius 3 is 2.67 bits per heavy atom. The fourth-order valence-electron chi connectivity index (χ4n) is 2.79. The zero-order chi connectivity index (χ0) is 20.8. The van der Waals surface area contributed by atoms with Crippen molar-refractivity contribution >= 4 is 22.6 Å². The highest BCUT2D eigenvalue weighted by Gasteiger charge is 2.12. The molecule has 0 unspecified atom stereocenters. The maximum Gasteiger partial charge on any atom is 0.257 e. The minimum Gasteiger partial charge on any atom is -0.489 e. The van der Waals surface area contributed by atoms with E-state index in [1.807, 2.05) is 48.5 Å². The fourth-order valence-corrected chi connectivity index (χ4v) is 3.38. The molecule has 0 atom stereocenters. The van der Waals surface area contributed by atoms with Crippen LogP contribution in [0.15, 0.2) is 78.9 Å². The number of nitriles is 1. The zero-order valence-electron chi connectivity index (χ0n) is 15.8. The molecule has 0 spiro atoms. The SMILES string of the molecule is N#Cc1ccccc1COc1cccc(C(=O)Nc2nc(-c3ccccc3)ns2)c1. The average molecular weight is 412 g/mol. The molecule has 0 saturated carbocycles. The summed E-state index contributed by atoms with van der Waals surface area (Å²) < 4.78 is 10.1. The number of rotatable bonds is 6. The Morgan fingerprint density at radius 1 is 1.03 bits per heavy atom. The third kappa shape index (κ3) is 4.51. The number of carbonyl (C=O) groups excluding carboxylic acids is 1. The molecule has 1 aromatic heterocycles. The first kappa shape index (κ1) is 19.3. The van der Waals surface area contributed by atoms with Gasteiger partial charge in [0.05, 0.1) is 11.6 Å². The minimum atomic E-state index is -0.298. The molecule has 1 heterocycles. The van der Waals surface area contributed by atoms with E-state index in [-0.39, 0.29) is 12.5 Å². The number of carbonyl (C=O) groups is 1. The Kier molecular flexibility index (Phi) is 5.78. The molecule has 6 nitrogen and oxygen atoms in total. The summed E-state index contributed by atoms with van der Waals surface area (Å²) in [5.41, 5.74) is 2.69. The molecular formula is C23H16N4O2S. The van der Waals surface area contributed by atoms with Crippen molar-refractivity contribution in [3.63, 3.8) is 0 Å². The summed E-state index contributed by atoms with van der Waals surface area (Å²) in [5, 5.41) is 12.4. The molecule has 4 rings (SSSR count). The lowest BCUT2D eigenvalue weighted by molar-refractivity contribution is 0.102. The third-order valence-corrected chi connectivity index (χ3v) is 4.94. The van der Waals surface area contributed by atoms with Crippen molar-refractivity contribution in [2.45, 2.75) is 6.61 Å². The molecule has 0 radical (unpaired) electrons. The highest BCUT2D eigenvalue weighted by Crippen LogP contribution is 2.22. The van der Waals surface area contributed by atoms with Crippen LogP contribution in [0.25, 0.3) is 11.4 Å². The van der Waals surface area contributed by atoms with Crippen LogP contribution in [0.2, 0.25) is 0 Å². The van der Waals surface area contributed by atoms with Gasteiger partial charge in [0.1, 0.15) is 12.4 Å². The number of nitrogens with one attached hydrogen (secondary N) is 1. The first-order chi connectivity index (χ1) is 14.7. The van der Waals surface area contributed by atoms with Crippen LogP contribution in [0.4, 0.5) is 5.13 Å². The van der Waals surface area contributed by atoms with E-state index in [4.69, 9.17) is 4.74 Å². The van der Waals surface area contributed by atoms with Gasteiger partial charge in [-0.2, -0.15) is 14.6 Å². The van der Waals surface area contributed by atoms with Gasteiger partial charge in [-0.15, -0.1) is 0 Å². The summed E-state index contributed by atoms with van der Waals surface area (Å²) in [5.74, 6) is 0.815. The Labute approximate surface area is 177 Å². The standard InChI is InChI=1S/C23H16N4O2S/c24-14-18-9-4-5-10-19(18)15-29-20-12-6-11-17(13-20)22(28)26-23-25-21(27-30-23)16-7-2-1-3-8-16/h1-13H,15H2,(H,25,26,27,28). The Morgan fingerprint density at radius 2 is 1.83 bits per heavy atom. The van der Waals surface area contributed by atoms with Crippen LogP contribution in [-0.4, -0.2) is 15.3 Å². The van der Waals surface area contributed by atoms with Crippen molar-refractivity contribution < 1.29 is 9.53 Å². The van der Waals surface area contributed by atoms with Gasteiger partial charge in [0, 0.05) is 28.2 Å². The lowest BCUT2D eigenvalue weighted by atomic mass is 10.1. The number of anilines is 1. The molecule has 1 N–H and O–H groups in total. The number of hydrogen-bond acceptors (Lipinski definition) is 6. The second kappa shape index (κ2) is 8.99. The second-order valence-electron chi connectivity index (χ2n) is 6.33. The number of aromatic nitrogens is 2. The predicted octanol–water partition coefficient (Wildman–Crippen LogP) is 4.91. The zero-order valence-corrected chi connectivity index (χ0v) is 16.6. The predicted molar refractivity (Wildman–Crippen MR) is 115 cm³/mol. The molecule has 0 saturated heterocycles. The van der Waals surface area contributed by atoms with Crippen LogP contribution in [0.5, 0.6) is 5.75 Å². The van der Waals surface area contributed by atoms with Crippen molar-refractivity contribution in [1.29, 1.82) is 5.26 Å². The van der Waals surface area contributed by atoms with E-state index in [2.05, 4.69) is 20.7 Å². The summed E-state index contributed by atoms with van der Waals surface area (Å²) in [6.45, 7) is 0.242. The van der Waals surface area contributed by atoms with Gasteiger partial charge in [-0.1, -0.05) is 54.6 Å². The second-order valence-corrected chi connectivity index (χ2v) is 7.08. The maximum atomic E-state index is 12.6. The van der Waals surface area contributed by atoms with Crippen LogP contribution >= 0.6 is 11.5 Å². The molecule has 146 valence electrons. The summed E-state index contributed by atoms with van der Waals surface area (Å²) in [4.78, 5) is 17.0. The fraction of sp³-hybridized carbons (Fsp3) is 0.0435. The first-order valence-corrected chi connectivity index (χ1v) is 9.91. The number of benzene rings is 3. The Hall–Kier alpha value is -4.02. The monoisotopic (exact) mass is 412 g/mol. The van der Waals surface area contributed by atoms with Gasteiger partial charge >= 0.3 is 0 Å². The van der Waals surface area contributed by atoms with Gasteiger partial charge < -0.3 is 4.74 Å². The van der Waals surface area contributed by atoms with Crippen molar-refractivity contribution in [3.8, 4) is 23.2 Å². The molecule has 3 aromatic carbocycles. The van der Waals surface area contributed by atoms with Crippen LogP contribution in [0.1, 0.15) is 21.5 Å². The van der Waals surface area contributed by atoms with Gasteiger partial charge in [-0.25, -0.2) is 0 Å². The third-order valence-electron chi connectivity index (χ3n) is 4.31. The minimum absolute atomic E-state index is 0.242. The van der Waals surface area contributed by atoms with Crippen molar-refractivity contribution in [3.05, 3.63) is 95.6 Å². The average Bonchev–Trinajstić information content (AvgIpc) is 3.27. The Bertz CT molecular complexity index is 1220. The van der Waals surface area contributed by atoms with E-state index in [0.29, 0.717) is 27.8 Å². The van der Waals surface area contributed by atoms with E-state index < -0.39 is 0 Å². The molecule has 30 heavy (non-hydrogen) atoms. The van der Waals surface area contributed by atoms with Gasteiger partial charge in [0.25, 0.3) is 5.91 Å². The van der Waals surface area contributed by atoms with E-state index in [1.54, 1.807) is 30.3 Å². The maximum absolute atomic E-state index is 12.6. The van der Waals surface area contributed by atoms with Gasteiger partial charge in [-0.05, 0) is 24.3 Å². The van der Waals surface area contributed by atoms with Crippen LogP contribution in [0, 0.1) is 11.3 Å². The summed E-state index contributed by atoms with van der Waals surface area (Å²) in [6, 6.07) is 25.8. The summed E-state index contributed by atoms with van der Waals surface area (Å²) in [7, 11) is 0. The van der Waals surface area contributed by atoms with E-state index in [1.165, 1.54) is 0 Å². The summed E-state index contributed by atoms with van der Waals surface area (Å²) >= 11 is 1.13. The van der Waals surface area contributed by atoms with Crippen molar-refractivity contribution in [2.75, 3.05) is 5.32 Å². The quantitative estimate of drug-likeness (QED) is 0.486. The molecule has 0 bridgehead atoms. The lowest BCUT2D eigenvalue weighted by Crippen LogP contribution is -2.11. The molecular weight excluding hydrogens is 396 g/mol. The topological polar surface area (TPSA) is 87.9 Å². The Balaban J connectivity index is 1.43. The number of nitrogens with zero attached hydrogens (tertiary/aromatic N) is 3. The number of amides is 1. The van der Waals surface area contributed by atoms with E-state index in [9.17, 15) is 10.1 Å². The molecule has 1 amide bonds. The van der Waals surface area contributed by atoms with Crippen LogP contribution < -0.4 is 10.1 Å². The molecule has 7 heteroatoms. The normalized spacial score (nSPS) is 10.2. The molecule has 4 aromatic rings. The van der Waals surface area contributed by atoms with Crippen LogP contribution in [0.3, 0.4) is 0 Å². The smallest absolute Gasteiger partial charge is 0.257 e. The number of hydrogen-bond donors (Lipinski definition) is 1. The van der Waals surface area contributed by atoms with E-state index >= 15 is 0 Å². The number of ether oxygens (including phenoxy) is 1.